The third-order valence-corrected chi connectivity index (χ3v) is 3.93. The molecule has 0 aliphatic rings. The van der Waals surface area contributed by atoms with E-state index < -0.39 is 0 Å². The first-order valence-corrected chi connectivity index (χ1v) is 8.07. The molecule has 1 aromatic carbocycles. The van der Waals surface area contributed by atoms with Crippen molar-refractivity contribution in [2.75, 3.05) is 0 Å². The first-order chi connectivity index (χ1) is 11.0. The van der Waals surface area contributed by atoms with Gasteiger partial charge in [-0.1, -0.05) is 55.8 Å². The van der Waals surface area contributed by atoms with Gasteiger partial charge in [0.2, 0.25) is 5.71 Å². The Morgan fingerprint density at radius 2 is 1.87 bits per heavy atom. The van der Waals surface area contributed by atoms with Crippen molar-refractivity contribution < 1.29 is 4.42 Å². The SMILES string of the molecule is CC(C)Cc1oc2nc(Cl)ccc2c(=O)c1Cc1ccccc1. The number of hydrogen-bond acceptors (Lipinski definition) is 3. The van der Waals surface area contributed by atoms with E-state index in [9.17, 15) is 4.79 Å². The molecule has 0 radical (unpaired) electrons. The van der Waals surface area contributed by atoms with Crippen LogP contribution in [0.3, 0.4) is 0 Å². The summed E-state index contributed by atoms with van der Waals surface area (Å²) in [5, 5.41) is 0.805. The molecule has 23 heavy (non-hydrogen) atoms. The van der Waals surface area contributed by atoms with E-state index in [2.05, 4.69) is 18.8 Å². The molecular formula is C19H18ClNO2. The number of fused-ring (bicyclic) bond motifs is 1. The lowest BCUT2D eigenvalue weighted by Gasteiger charge is -2.11. The average Bonchev–Trinajstić information content (AvgIpc) is 2.51. The van der Waals surface area contributed by atoms with Crippen LogP contribution in [0.25, 0.3) is 11.1 Å². The van der Waals surface area contributed by atoms with Gasteiger partial charge in [0.15, 0.2) is 5.43 Å². The second-order valence-electron chi connectivity index (χ2n) is 6.08. The molecule has 0 saturated heterocycles. The first kappa shape index (κ1) is 15.8. The summed E-state index contributed by atoms with van der Waals surface area (Å²) in [6, 6.07) is 13.3. The van der Waals surface area contributed by atoms with Gasteiger partial charge >= 0.3 is 0 Å². The highest BCUT2D eigenvalue weighted by molar-refractivity contribution is 6.29. The van der Waals surface area contributed by atoms with Gasteiger partial charge in [-0.25, -0.2) is 4.98 Å². The molecular weight excluding hydrogens is 310 g/mol. The molecule has 4 heteroatoms. The molecule has 0 saturated carbocycles. The Hall–Kier alpha value is -2.13. The summed E-state index contributed by atoms with van der Waals surface area (Å²) in [7, 11) is 0. The maximum absolute atomic E-state index is 12.9. The fourth-order valence-corrected chi connectivity index (χ4v) is 2.79. The van der Waals surface area contributed by atoms with E-state index in [0.717, 1.165) is 5.56 Å². The van der Waals surface area contributed by atoms with Gasteiger partial charge in [0.1, 0.15) is 10.9 Å². The van der Waals surface area contributed by atoms with E-state index in [0.29, 0.717) is 46.3 Å². The standard InChI is InChI=1S/C19H18ClNO2/c1-12(2)10-16-15(11-13-6-4-3-5-7-13)18(22)14-8-9-17(20)21-19(14)23-16/h3-9,12H,10-11H2,1-2H3. The molecule has 0 unspecified atom stereocenters. The summed E-state index contributed by atoms with van der Waals surface area (Å²) >= 11 is 5.93. The van der Waals surface area contributed by atoms with Crippen molar-refractivity contribution in [1.82, 2.24) is 4.98 Å². The molecule has 0 amide bonds. The van der Waals surface area contributed by atoms with Gasteiger partial charge in [0, 0.05) is 18.4 Å². The predicted octanol–water partition coefficient (Wildman–Crippen LogP) is 4.63. The Labute approximate surface area is 139 Å². The average molecular weight is 328 g/mol. The van der Waals surface area contributed by atoms with Crippen LogP contribution in [0.5, 0.6) is 0 Å². The maximum Gasteiger partial charge on any atom is 0.231 e. The van der Waals surface area contributed by atoms with Crippen LogP contribution in [-0.2, 0) is 12.8 Å². The summed E-state index contributed by atoms with van der Waals surface area (Å²) in [5.41, 5.74) is 2.09. The van der Waals surface area contributed by atoms with Crippen molar-refractivity contribution in [1.29, 1.82) is 0 Å². The molecule has 3 rings (SSSR count). The van der Waals surface area contributed by atoms with Gasteiger partial charge < -0.3 is 4.42 Å². The molecule has 3 nitrogen and oxygen atoms in total. The highest BCUT2D eigenvalue weighted by Gasteiger charge is 2.17. The van der Waals surface area contributed by atoms with E-state index in [1.165, 1.54) is 0 Å². The smallest absolute Gasteiger partial charge is 0.231 e. The highest BCUT2D eigenvalue weighted by Crippen LogP contribution is 2.21. The molecule has 0 aliphatic heterocycles. The molecule has 2 heterocycles. The summed E-state index contributed by atoms with van der Waals surface area (Å²) in [6.45, 7) is 4.20. The van der Waals surface area contributed by atoms with Crippen LogP contribution >= 0.6 is 11.6 Å². The number of pyridine rings is 1. The maximum atomic E-state index is 12.9. The first-order valence-electron chi connectivity index (χ1n) is 7.69. The molecule has 0 aliphatic carbocycles. The third kappa shape index (κ3) is 3.45. The summed E-state index contributed by atoms with van der Waals surface area (Å²) < 4.78 is 5.94. The van der Waals surface area contributed by atoms with Crippen molar-refractivity contribution in [2.45, 2.75) is 26.7 Å². The zero-order valence-electron chi connectivity index (χ0n) is 13.2. The minimum absolute atomic E-state index is 0.0186. The predicted molar refractivity (Wildman–Crippen MR) is 93.1 cm³/mol. The van der Waals surface area contributed by atoms with Gasteiger partial charge in [-0.15, -0.1) is 0 Å². The second-order valence-corrected chi connectivity index (χ2v) is 6.47. The largest absolute Gasteiger partial charge is 0.442 e. The summed E-state index contributed by atoms with van der Waals surface area (Å²) in [5.74, 6) is 1.08. The van der Waals surface area contributed by atoms with E-state index in [-0.39, 0.29) is 5.43 Å². The van der Waals surface area contributed by atoms with Gasteiger partial charge in [0.05, 0.1) is 5.39 Å². The normalized spacial score (nSPS) is 11.3. The number of rotatable bonds is 4. The Morgan fingerprint density at radius 1 is 1.13 bits per heavy atom. The van der Waals surface area contributed by atoms with Crippen molar-refractivity contribution in [3.05, 3.63) is 74.7 Å². The molecule has 0 bridgehead atoms. The molecule has 3 aromatic rings. The van der Waals surface area contributed by atoms with Crippen LogP contribution in [0, 0.1) is 5.92 Å². The van der Waals surface area contributed by atoms with E-state index >= 15 is 0 Å². The molecule has 0 spiro atoms. The second kappa shape index (κ2) is 6.55. The van der Waals surface area contributed by atoms with E-state index in [1.54, 1.807) is 12.1 Å². The van der Waals surface area contributed by atoms with Gasteiger partial charge in [-0.05, 0) is 23.6 Å². The highest BCUT2D eigenvalue weighted by atomic mass is 35.5. The van der Waals surface area contributed by atoms with Gasteiger partial charge in [-0.3, -0.25) is 4.79 Å². The Morgan fingerprint density at radius 3 is 2.57 bits per heavy atom. The minimum Gasteiger partial charge on any atom is -0.442 e. The summed E-state index contributed by atoms with van der Waals surface area (Å²) in [4.78, 5) is 17.1. The fourth-order valence-electron chi connectivity index (χ4n) is 2.65. The fraction of sp³-hybridized carbons (Fsp3) is 0.263. The lowest BCUT2D eigenvalue weighted by molar-refractivity contribution is 0.476. The Balaban J connectivity index is 2.18. The zero-order valence-corrected chi connectivity index (χ0v) is 13.9. The topological polar surface area (TPSA) is 43.1 Å². The van der Waals surface area contributed by atoms with Crippen LogP contribution in [0.15, 0.2) is 51.7 Å². The van der Waals surface area contributed by atoms with Crippen molar-refractivity contribution in [3.8, 4) is 0 Å². The van der Waals surface area contributed by atoms with Crippen LogP contribution in [0.2, 0.25) is 5.15 Å². The molecule has 0 fully saturated rings. The van der Waals surface area contributed by atoms with Crippen molar-refractivity contribution in [2.24, 2.45) is 5.92 Å². The summed E-state index contributed by atoms with van der Waals surface area (Å²) in [6.07, 6.45) is 1.26. The van der Waals surface area contributed by atoms with Crippen LogP contribution < -0.4 is 5.43 Å². The van der Waals surface area contributed by atoms with Gasteiger partial charge in [0.25, 0.3) is 0 Å². The molecule has 0 atom stereocenters. The molecule has 2 aromatic heterocycles. The Kier molecular flexibility index (Phi) is 4.49. The molecule has 0 N–H and O–H groups in total. The number of hydrogen-bond donors (Lipinski definition) is 0. The van der Waals surface area contributed by atoms with E-state index in [4.69, 9.17) is 16.0 Å². The lowest BCUT2D eigenvalue weighted by atomic mass is 9.98. The number of aromatic nitrogens is 1. The van der Waals surface area contributed by atoms with E-state index in [1.807, 2.05) is 30.3 Å². The monoisotopic (exact) mass is 327 g/mol. The van der Waals surface area contributed by atoms with Crippen molar-refractivity contribution in [3.63, 3.8) is 0 Å². The van der Waals surface area contributed by atoms with Crippen LogP contribution in [0.1, 0.15) is 30.7 Å². The lowest BCUT2D eigenvalue weighted by Crippen LogP contribution is -2.15. The van der Waals surface area contributed by atoms with Crippen LogP contribution in [-0.4, -0.2) is 4.98 Å². The quantitative estimate of drug-likeness (QED) is 0.656. The number of nitrogens with zero attached hydrogens (tertiary/aromatic N) is 1. The third-order valence-electron chi connectivity index (χ3n) is 3.72. The Bertz CT molecular complexity index is 885. The van der Waals surface area contributed by atoms with Crippen LogP contribution in [0.4, 0.5) is 0 Å². The number of halogens is 1. The zero-order chi connectivity index (χ0) is 16.4. The van der Waals surface area contributed by atoms with Gasteiger partial charge in [-0.2, -0.15) is 0 Å². The number of benzene rings is 1. The van der Waals surface area contributed by atoms with Crippen molar-refractivity contribution >= 4 is 22.7 Å². The molecule has 118 valence electrons. The minimum atomic E-state index is -0.0186.